The normalized spacial score (nSPS) is 13.5. The second-order valence-corrected chi connectivity index (χ2v) is 8.62. The lowest BCUT2D eigenvalue weighted by atomic mass is 9.98. The highest BCUT2D eigenvalue weighted by Crippen LogP contribution is 2.44. The summed E-state index contributed by atoms with van der Waals surface area (Å²) in [5.41, 5.74) is 4.56. The molecule has 5 heteroatoms. The molecule has 1 amide bonds. The fraction of sp³-hybridized carbons (Fsp3) is 0.429. The zero-order valence-electron chi connectivity index (χ0n) is 19.5. The number of carbonyl (C=O) groups excluding carboxylic acids is 1. The standard InChI is InChI=1S/C28H35NO4/c1-2-3-4-5-6-7-8-9-10-19-26(27(30)31)29-28(32)33-20-25-23-17-13-11-15-21(23)22-16-12-14-18-24(22)25/h9-18,25-26H,2-8,19-20H2,1H3,(H,29,32)(H,30,31)/b10-9+/t26-/m0/s1. The molecular weight excluding hydrogens is 414 g/mol. The number of fused-ring (bicyclic) bond motifs is 3. The summed E-state index contributed by atoms with van der Waals surface area (Å²) in [5.74, 6) is -1.11. The van der Waals surface area contributed by atoms with Crippen LogP contribution < -0.4 is 5.32 Å². The number of unbranched alkanes of at least 4 members (excludes halogenated alkanes) is 6. The van der Waals surface area contributed by atoms with E-state index in [1.165, 1.54) is 32.1 Å². The summed E-state index contributed by atoms with van der Waals surface area (Å²) in [6.07, 6.45) is 11.7. The van der Waals surface area contributed by atoms with Crippen molar-refractivity contribution < 1.29 is 19.4 Å². The Hall–Kier alpha value is -3.08. The van der Waals surface area contributed by atoms with E-state index in [4.69, 9.17) is 4.74 Å². The number of carboxylic acids is 1. The van der Waals surface area contributed by atoms with Crippen molar-refractivity contribution in [1.29, 1.82) is 0 Å². The zero-order valence-corrected chi connectivity index (χ0v) is 19.5. The molecule has 5 nitrogen and oxygen atoms in total. The molecule has 0 radical (unpaired) electrons. The lowest BCUT2D eigenvalue weighted by Crippen LogP contribution is -2.41. The number of rotatable bonds is 13. The van der Waals surface area contributed by atoms with E-state index in [9.17, 15) is 14.7 Å². The first-order chi connectivity index (χ1) is 16.1. The Bertz CT molecular complexity index is 907. The number of hydrogen-bond donors (Lipinski definition) is 2. The largest absolute Gasteiger partial charge is 0.480 e. The van der Waals surface area contributed by atoms with Gasteiger partial charge in [0.15, 0.2) is 0 Å². The number of alkyl carbamates (subject to hydrolysis) is 1. The number of carbonyl (C=O) groups is 2. The number of ether oxygens (including phenoxy) is 1. The molecule has 176 valence electrons. The van der Waals surface area contributed by atoms with Crippen LogP contribution in [0.25, 0.3) is 11.1 Å². The van der Waals surface area contributed by atoms with Gasteiger partial charge in [0.05, 0.1) is 0 Å². The Morgan fingerprint density at radius 1 is 0.939 bits per heavy atom. The van der Waals surface area contributed by atoms with Crippen LogP contribution in [0.5, 0.6) is 0 Å². The van der Waals surface area contributed by atoms with Crippen molar-refractivity contribution >= 4 is 12.1 Å². The van der Waals surface area contributed by atoms with Crippen molar-refractivity contribution in [2.75, 3.05) is 6.61 Å². The minimum Gasteiger partial charge on any atom is -0.480 e. The van der Waals surface area contributed by atoms with E-state index in [0.29, 0.717) is 0 Å². The molecule has 2 aromatic rings. The fourth-order valence-corrected chi connectivity index (χ4v) is 4.40. The van der Waals surface area contributed by atoms with Crippen LogP contribution in [0.2, 0.25) is 0 Å². The maximum atomic E-state index is 12.4. The molecular formula is C28H35NO4. The maximum Gasteiger partial charge on any atom is 0.407 e. The Morgan fingerprint density at radius 3 is 2.18 bits per heavy atom. The van der Waals surface area contributed by atoms with Crippen molar-refractivity contribution in [2.24, 2.45) is 0 Å². The van der Waals surface area contributed by atoms with Crippen LogP contribution in [0, 0.1) is 0 Å². The number of aliphatic carboxylic acids is 1. The molecule has 0 saturated heterocycles. The van der Waals surface area contributed by atoms with Gasteiger partial charge in [-0.1, -0.05) is 99.7 Å². The van der Waals surface area contributed by atoms with Gasteiger partial charge < -0.3 is 15.2 Å². The molecule has 0 fully saturated rings. The first-order valence-corrected chi connectivity index (χ1v) is 12.1. The minimum absolute atomic E-state index is 0.0522. The summed E-state index contributed by atoms with van der Waals surface area (Å²) in [7, 11) is 0. The minimum atomic E-state index is -1.06. The Morgan fingerprint density at radius 2 is 1.55 bits per heavy atom. The van der Waals surface area contributed by atoms with Crippen LogP contribution in [0.1, 0.15) is 75.3 Å². The molecule has 2 aromatic carbocycles. The van der Waals surface area contributed by atoms with Gasteiger partial charge in [-0.15, -0.1) is 0 Å². The summed E-state index contributed by atoms with van der Waals surface area (Å²) in [4.78, 5) is 24.0. The number of carboxylic acid groups (broad SMARTS) is 1. The van der Waals surface area contributed by atoms with E-state index in [-0.39, 0.29) is 18.9 Å². The number of hydrogen-bond acceptors (Lipinski definition) is 3. The van der Waals surface area contributed by atoms with Gasteiger partial charge in [0, 0.05) is 5.92 Å². The molecule has 3 rings (SSSR count). The highest BCUT2D eigenvalue weighted by Gasteiger charge is 2.29. The Balaban J connectivity index is 1.46. The van der Waals surface area contributed by atoms with Gasteiger partial charge in [0.2, 0.25) is 0 Å². The van der Waals surface area contributed by atoms with Crippen molar-refractivity contribution in [1.82, 2.24) is 5.32 Å². The third-order valence-corrected chi connectivity index (χ3v) is 6.20. The highest BCUT2D eigenvalue weighted by molar-refractivity contribution is 5.81. The number of amides is 1. The molecule has 0 aliphatic heterocycles. The van der Waals surface area contributed by atoms with Crippen LogP contribution in [0.3, 0.4) is 0 Å². The topological polar surface area (TPSA) is 75.6 Å². The van der Waals surface area contributed by atoms with Gasteiger partial charge in [-0.3, -0.25) is 0 Å². The quantitative estimate of drug-likeness (QED) is 0.264. The van der Waals surface area contributed by atoms with E-state index in [1.54, 1.807) is 0 Å². The number of benzene rings is 2. The first-order valence-electron chi connectivity index (χ1n) is 12.1. The molecule has 0 aromatic heterocycles. The maximum absolute atomic E-state index is 12.4. The van der Waals surface area contributed by atoms with Crippen LogP contribution >= 0.6 is 0 Å². The van der Waals surface area contributed by atoms with Gasteiger partial charge in [0.1, 0.15) is 12.6 Å². The summed E-state index contributed by atoms with van der Waals surface area (Å²) in [6, 6.07) is 15.2. The molecule has 2 N–H and O–H groups in total. The average molecular weight is 450 g/mol. The molecule has 0 saturated carbocycles. The summed E-state index contributed by atoms with van der Waals surface area (Å²) >= 11 is 0. The zero-order chi connectivity index (χ0) is 23.5. The molecule has 0 bridgehead atoms. The second kappa shape index (κ2) is 12.8. The van der Waals surface area contributed by atoms with Crippen LogP contribution in [-0.4, -0.2) is 29.8 Å². The van der Waals surface area contributed by atoms with E-state index >= 15 is 0 Å². The predicted molar refractivity (Wildman–Crippen MR) is 131 cm³/mol. The number of allylic oxidation sites excluding steroid dienone is 1. The third kappa shape index (κ3) is 6.95. The fourth-order valence-electron chi connectivity index (χ4n) is 4.40. The lowest BCUT2D eigenvalue weighted by Gasteiger charge is -2.16. The van der Waals surface area contributed by atoms with E-state index in [2.05, 4.69) is 36.5 Å². The molecule has 33 heavy (non-hydrogen) atoms. The lowest BCUT2D eigenvalue weighted by molar-refractivity contribution is -0.139. The SMILES string of the molecule is CCCCCCCC/C=C/C[C@H](NC(=O)OCC1c2ccccc2-c2ccccc21)C(=O)O. The van der Waals surface area contributed by atoms with E-state index in [1.807, 2.05) is 36.4 Å². The average Bonchev–Trinajstić information content (AvgIpc) is 3.14. The van der Waals surface area contributed by atoms with Crippen molar-refractivity contribution in [3.63, 3.8) is 0 Å². The molecule has 0 unspecified atom stereocenters. The Kier molecular flexibility index (Phi) is 9.55. The van der Waals surface area contributed by atoms with Crippen molar-refractivity contribution in [3.8, 4) is 11.1 Å². The van der Waals surface area contributed by atoms with Crippen molar-refractivity contribution in [3.05, 3.63) is 71.8 Å². The van der Waals surface area contributed by atoms with Crippen LogP contribution in [0.15, 0.2) is 60.7 Å². The van der Waals surface area contributed by atoms with E-state index < -0.39 is 18.1 Å². The van der Waals surface area contributed by atoms with Gasteiger partial charge in [-0.25, -0.2) is 9.59 Å². The molecule has 1 atom stereocenters. The summed E-state index contributed by atoms with van der Waals surface area (Å²) in [5, 5.41) is 12.0. The molecule has 0 spiro atoms. The smallest absolute Gasteiger partial charge is 0.407 e. The molecule has 1 aliphatic rings. The van der Waals surface area contributed by atoms with Gasteiger partial charge >= 0.3 is 12.1 Å². The van der Waals surface area contributed by atoms with Gasteiger partial charge in [-0.05, 0) is 41.5 Å². The monoisotopic (exact) mass is 449 g/mol. The predicted octanol–water partition coefficient (Wildman–Crippen LogP) is 6.68. The molecule has 0 heterocycles. The van der Waals surface area contributed by atoms with Crippen LogP contribution in [-0.2, 0) is 9.53 Å². The Labute approximate surface area is 196 Å². The number of nitrogens with one attached hydrogen (secondary N) is 1. The van der Waals surface area contributed by atoms with Gasteiger partial charge in [0.25, 0.3) is 0 Å². The van der Waals surface area contributed by atoms with Gasteiger partial charge in [-0.2, -0.15) is 0 Å². The second-order valence-electron chi connectivity index (χ2n) is 8.62. The van der Waals surface area contributed by atoms with E-state index in [0.717, 1.165) is 35.1 Å². The highest BCUT2D eigenvalue weighted by atomic mass is 16.5. The first kappa shape index (κ1) is 24.6. The summed E-state index contributed by atoms with van der Waals surface area (Å²) < 4.78 is 5.47. The third-order valence-electron chi connectivity index (χ3n) is 6.20. The van der Waals surface area contributed by atoms with Crippen LogP contribution in [0.4, 0.5) is 4.79 Å². The van der Waals surface area contributed by atoms with Crippen molar-refractivity contribution in [2.45, 2.75) is 70.3 Å². The summed E-state index contributed by atoms with van der Waals surface area (Å²) in [6.45, 7) is 2.37. The molecule has 1 aliphatic carbocycles.